The highest BCUT2D eigenvalue weighted by atomic mass is 32.2. The van der Waals surface area contributed by atoms with Crippen LogP contribution >= 0.6 is 0 Å². The van der Waals surface area contributed by atoms with Gasteiger partial charge in [-0.15, -0.1) is 0 Å². The van der Waals surface area contributed by atoms with E-state index in [2.05, 4.69) is 5.32 Å². The molecule has 31 heavy (non-hydrogen) atoms. The van der Waals surface area contributed by atoms with Crippen LogP contribution in [0.25, 0.3) is 0 Å². The van der Waals surface area contributed by atoms with E-state index in [9.17, 15) is 13.2 Å². The van der Waals surface area contributed by atoms with Crippen LogP contribution in [0.1, 0.15) is 37.6 Å². The molecule has 0 fully saturated rings. The van der Waals surface area contributed by atoms with Crippen LogP contribution in [-0.4, -0.2) is 51.5 Å². The number of rotatable bonds is 8. The van der Waals surface area contributed by atoms with Gasteiger partial charge < -0.3 is 19.5 Å². The molecule has 0 aliphatic carbocycles. The molecule has 3 rings (SSSR count). The Hall–Kier alpha value is -2.78. The molecule has 0 unspecified atom stereocenters. The van der Waals surface area contributed by atoms with Crippen molar-refractivity contribution in [3.05, 3.63) is 42.0 Å². The van der Waals surface area contributed by atoms with Gasteiger partial charge in [0.25, 0.3) is 5.91 Å². The summed E-state index contributed by atoms with van der Waals surface area (Å²) in [6.45, 7) is 7.52. The van der Waals surface area contributed by atoms with Gasteiger partial charge in [-0.25, -0.2) is 8.42 Å². The number of hydrogen-bond acceptors (Lipinski definition) is 6. The molecule has 0 atom stereocenters. The molecular formula is C22H28N2O6S. The third-order valence-electron chi connectivity index (χ3n) is 4.85. The van der Waals surface area contributed by atoms with Gasteiger partial charge in [-0.2, -0.15) is 4.31 Å². The Morgan fingerprint density at radius 1 is 1.03 bits per heavy atom. The monoisotopic (exact) mass is 448 g/mol. The standard InChI is InChI=1S/C22H28N2O6S/c1-4-24(5-2)31(26,27)17-9-11-19(28-6-3)18(15-17)23-22(25)16-8-10-20-21(14-16)30-13-7-12-29-20/h8-11,14-15H,4-7,12-13H2,1-3H3,(H,23,25). The lowest BCUT2D eigenvalue weighted by atomic mass is 10.1. The van der Waals surface area contributed by atoms with E-state index < -0.39 is 15.9 Å². The maximum Gasteiger partial charge on any atom is 0.255 e. The number of fused-ring (bicyclic) bond motifs is 1. The Kier molecular flexibility index (Phi) is 7.40. The lowest BCUT2D eigenvalue weighted by Gasteiger charge is -2.20. The van der Waals surface area contributed by atoms with Crippen molar-refractivity contribution in [2.45, 2.75) is 32.1 Å². The molecule has 0 spiro atoms. The second-order valence-corrected chi connectivity index (χ2v) is 8.78. The van der Waals surface area contributed by atoms with E-state index in [-0.39, 0.29) is 10.6 Å². The summed E-state index contributed by atoms with van der Waals surface area (Å²) in [5, 5.41) is 2.78. The molecule has 2 aromatic carbocycles. The minimum Gasteiger partial charge on any atom is -0.492 e. The Morgan fingerprint density at radius 3 is 2.42 bits per heavy atom. The summed E-state index contributed by atoms with van der Waals surface area (Å²) in [6, 6.07) is 9.43. The summed E-state index contributed by atoms with van der Waals surface area (Å²) < 4.78 is 44.0. The predicted octanol–water partition coefficient (Wildman–Crippen LogP) is 3.53. The molecule has 0 saturated heterocycles. The summed E-state index contributed by atoms with van der Waals surface area (Å²) in [5.74, 6) is 1.09. The normalized spacial score (nSPS) is 13.5. The summed E-state index contributed by atoms with van der Waals surface area (Å²) in [6.07, 6.45) is 0.766. The Labute approximate surface area is 183 Å². The van der Waals surface area contributed by atoms with Crippen molar-refractivity contribution in [3.8, 4) is 17.2 Å². The molecule has 1 aliphatic heterocycles. The smallest absolute Gasteiger partial charge is 0.255 e. The number of hydrogen-bond donors (Lipinski definition) is 1. The molecule has 0 bridgehead atoms. The second-order valence-electron chi connectivity index (χ2n) is 6.85. The van der Waals surface area contributed by atoms with Crippen molar-refractivity contribution in [1.29, 1.82) is 0 Å². The minimum absolute atomic E-state index is 0.0913. The number of sulfonamides is 1. The van der Waals surface area contributed by atoms with E-state index in [1.807, 2.05) is 6.92 Å². The van der Waals surface area contributed by atoms with Crippen LogP contribution in [-0.2, 0) is 10.0 Å². The molecule has 1 N–H and O–H groups in total. The topological polar surface area (TPSA) is 94.2 Å². The molecule has 168 valence electrons. The maximum atomic E-state index is 12.9. The van der Waals surface area contributed by atoms with Gasteiger partial charge >= 0.3 is 0 Å². The number of anilines is 1. The van der Waals surface area contributed by atoms with Crippen molar-refractivity contribution in [3.63, 3.8) is 0 Å². The van der Waals surface area contributed by atoms with Gasteiger partial charge in [0.2, 0.25) is 10.0 Å². The molecule has 0 saturated carbocycles. The number of carbonyl (C=O) groups excluding carboxylic acids is 1. The van der Waals surface area contributed by atoms with E-state index in [1.54, 1.807) is 38.1 Å². The minimum atomic E-state index is -3.68. The quantitative estimate of drug-likeness (QED) is 0.664. The highest BCUT2D eigenvalue weighted by Gasteiger charge is 2.24. The zero-order valence-corrected chi connectivity index (χ0v) is 18.8. The maximum absolute atomic E-state index is 12.9. The van der Waals surface area contributed by atoms with Gasteiger partial charge in [-0.05, 0) is 43.3 Å². The van der Waals surface area contributed by atoms with Crippen LogP contribution < -0.4 is 19.5 Å². The van der Waals surface area contributed by atoms with Crippen LogP contribution in [0.5, 0.6) is 17.2 Å². The number of benzene rings is 2. The van der Waals surface area contributed by atoms with E-state index >= 15 is 0 Å². The van der Waals surface area contributed by atoms with Crippen molar-refractivity contribution < 1.29 is 27.4 Å². The fourth-order valence-corrected chi connectivity index (χ4v) is 4.74. The predicted molar refractivity (Wildman–Crippen MR) is 118 cm³/mol. The summed E-state index contributed by atoms with van der Waals surface area (Å²) in [7, 11) is -3.68. The molecular weight excluding hydrogens is 420 g/mol. The van der Waals surface area contributed by atoms with E-state index in [0.717, 1.165) is 6.42 Å². The highest BCUT2D eigenvalue weighted by Crippen LogP contribution is 2.32. The summed E-state index contributed by atoms with van der Waals surface area (Å²) in [5.41, 5.74) is 0.649. The molecule has 8 nitrogen and oxygen atoms in total. The molecule has 1 amide bonds. The first-order valence-corrected chi connectivity index (χ1v) is 11.8. The Morgan fingerprint density at radius 2 is 1.74 bits per heavy atom. The van der Waals surface area contributed by atoms with Gasteiger partial charge in [0.1, 0.15) is 5.75 Å². The number of ether oxygens (including phenoxy) is 3. The van der Waals surface area contributed by atoms with Crippen molar-refractivity contribution in [2.75, 3.05) is 38.2 Å². The molecule has 0 aromatic heterocycles. The van der Waals surface area contributed by atoms with Gasteiger partial charge in [0.15, 0.2) is 11.5 Å². The number of nitrogens with one attached hydrogen (secondary N) is 1. The molecule has 1 heterocycles. The van der Waals surface area contributed by atoms with E-state index in [4.69, 9.17) is 14.2 Å². The zero-order valence-electron chi connectivity index (χ0n) is 18.0. The average molecular weight is 449 g/mol. The summed E-state index contributed by atoms with van der Waals surface area (Å²) in [4.78, 5) is 13.0. The summed E-state index contributed by atoms with van der Waals surface area (Å²) >= 11 is 0. The first kappa shape index (κ1) is 22.9. The first-order chi connectivity index (χ1) is 14.9. The largest absolute Gasteiger partial charge is 0.492 e. The lowest BCUT2D eigenvalue weighted by molar-refractivity contribution is 0.102. The molecule has 9 heteroatoms. The fourth-order valence-electron chi connectivity index (χ4n) is 3.26. The van der Waals surface area contributed by atoms with Crippen molar-refractivity contribution in [2.24, 2.45) is 0 Å². The van der Waals surface area contributed by atoms with E-state index in [0.29, 0.717) is 55.7 Å². The molecule has 0 radical (unpaired) electrons. The van der Waals surface area contributed by atoms with Crippen molar-refractivity contribution >= 4 is 21.6 Å². The number of nitrogens with zero attached hydrogens (tertiary/aromatic N) is 1. The van der Waals surface area contributed by atoms with Crippen LogP contribution in [0, 0.1) is 0 Å². The average Bonchev–Trinajstić information content (AvgIpc) is 3.00. The third kappa shape index (κ3) is 5.11. The SMILES string of the molecule is CCOc1ccc(S(=O)(=O)N(CC)CC)cc1NC(=O)c1ccc2c(c1)OCCCO2. The second kappa shape index (κ2) is 10.0. The Balaban J connectivity index is 1.92. The van der Waals surface area contributed by atoms with Gasteiger partial charge in [0, 0.05) is 25.1 Å². The third-order valence-corrected chi connectivity index (χ3v) is 6.90. The van der Waals surface area contributed by atoms with Crippen LogP contribution in [0.3, 0.4) is 0 Å². The van der Waals surface area contributed by atoms with E-state index in [1.165, 1.54) is 16.4 Å². The van der Waals surface area contributed by atoms with Crippen LogP contribution in [0.2, 0.25) is 0 Å². The van der Waals surface area contributed by atoms with Crippen molar-refractivity contribution in [1.82, 2.24) is 4.31 Å². The van der Waals surface area contributed by atoms with Gasteiger partial charge in [-0.1, -0.05) is 13.8 Å². The van der Waals surface area contributed by atoms with Crippen LogP contribution in [0.4, 0.5) is 5.69 Å². The fraction of sp³-hybridized carbons (Fsp3) is 0.409. The molecule has 2 aromatic rings. The zero-order chi connectivity index (χ0) is 22.4. The lowest BCUT2D eigenvalue weighted by Crippen LogP contribution is -2.30. The number of amides is 1. The molecule has 1 aliphatic rings. The number of carbonyl (C=O) groups is 1. The highest BCUT2D eigenvalue weighted by molar-refractivity contribution is 7.89. The Bertz CT molecular complexity index is 1030. The van der Waals surface area contributed by atoms with Gasteiger partial charge in [-0.3, -0.25) is 4.79 Å². The van der Waals surface area contributed by atoms with Gasteiger partial charge in [0.05, 0.1) is 30.4 Å². The van der Waals surface area contributed by atoms with Crippen LogP contribution in [0.15, 0.2) is 41.3 Å². The first-order valence-electron chi connectivity index (χ1n) is 10.4.